The van der Waals surface area contributed by atoms with Gasteiger partial charge in [-0.25, -0.2) is 0 Å². The number of nitrogens with zero attached hydrogens (tertiary/aromatic N) is 1. The topological polar surface area (TPSA) is 32.3 Å². The number of hydrogen-bond acceptors (Lipinski definition) is 2. The van der Waals surface area contributed by atoms with Gasteiger partial charge >= 0.3 is 0 Å². The molecule has 0 atom stereocenters. The van der Waals surface area contributed by atoms with Crippen molar-refractivity contribution in [1.29, 1.82) is 0 Å². The molecule has 102 valence electrons. The van der Waals surface area contributed by atoms with Gasteiger partial charge in [-0.1, -0.05) is 19.1 Å². The molecule has 0 unspecified atom stereocenters. The summed E-state index contributed by atoms with van der Waals surface area (Å²) >= 11 is 0. The summed E-state index contributed by atoms with van der Waals surface area (Å²) in [6, 6.07) is 9.12. The van der Waals surface area contributed by atoms with Gasteiger partial charge in [0, 0.05) is 31.2 Å². The fourth-order valence-electron chi connectivity index (χ4n) is 3.05. The van der Waals surface area contributed by atoms with E-state index in [0.717, 1.165) is 31.1 Å². The molecule has 3 nitrogen and oxygen atoms in total. The lowest BCUT2D eigenvalue weighted by atomic mass is 9.82. The number of benzene rings is 1. The standard InChI is InChI=1S/C16H22N2O/c1-12-9-14(10-12)17-11-13-4-6-15(7-5-13)18-8-2-3-16(18)19/h4-7,12,14,17H,2-3,8-11H2,1H3. The Morgan fingerprint density at radius 2 is 2.00 bits per heavy atom. The summed E-state index contributed by atoms with van der Waals surface area (Å²) in [4.78, 5) is 13.6. The van der Waals surface area contributed by atoms with E-state index in [-0.39, 0.29) is 5.91 Å². The largest absolute Gasteiger partial charge is 0.312 e. The number of rotatable bonds is 4. The minimum absolute atomic E-state index is 0.259. The van der Waals surface area contributed by atoms with Crippen molar-refractivity contribution in [3.8, 4) is 0 Å². The van der Waals surface area contributed by atoms with Crippen LogP contribution in [0.4, 0.5) is 5.69 Å². The fraction of sp³-hybridized carbons (Fsp3) is 0.562. The molecule has 1 aromatic rings. The third kappa shape index (κ3) is 2.81. The molecule has 3 heteroatoms. The molecule has 1 saturated heterocycles. The van der Waals surface area contributed by atoms with E-state index in [4.69, 9.17) is 0 Å². The molecular formula is C16H22N2O. The Bertz CT molecular complexity index is 448. The number of hydrogen-bond donors (Lipinski definition) is 1. The number of amides is 1. The van der Waals surface area contributed by atoms with Gasteiger partial charge in [-0.15, -0.1) is 0 Å². The normalized spacial score (nSPS) is 26.6. The predicted molar refractivity (Wildman–Crippen MR) is 77.1 cm³/mol. The molecule has 0 spiro atoms. The van der Waals surface area contributed by atoms with Gasteiger partial charge in [-0.2, -0.15) is 0 Å². The third-order valence-electron chi connectivity index (χ3n) is 4.29. The molecule has 0 aromatic heterocycles. The van der Waals surface area contributed by atoms with Crippen LogP contribution in [0.5, 0.6) is 0 Å². The smallest absolute Gasteiger partial charge is 0.227 e. The lowest BCUT2D eigenvalue weighted by Crippen LogP contribution is -2.39. The Labute approximate surface area is 115 Å². The second kappa shape index (κ2) is 5.33. The molecule has 2 aliphatic rings. The molecule has 3 rings (SSSR count). The molecule has 1 saturated carbocycles. The van der Waals surface area contributed by atoms with Crippen LogP contribution < -0.4 is 10.2 Å². The maximum absolute atomic E-state index is 11.7. The van der Waals surface area contributed by atoms with Crippen LogP contribution in [0.1, 0.15) is 38.2 Å². The van der Waals surface area contributed by atoms with Gasteiger partial charge in [0.1, 0.15) is 0 Å². The Balaban J connectivity index is 1.55. The number of carbonyl (C=O) groups excluding carboxylic acids is 1. The highest BCUT2D eigenvalue weighted by Crippen LogP contribution is 2.27. The SMILES string of the molecule is CC1CC(NCc2ccc(N3CCCC3=O)cc2)C1. The Morgan fingerprint density at radius 3 is 2.58 bits per heavy atom. The molecule has 0 bridgehead atoms. The number of anilines is 1. The van der Waals surface area contributed by atoms with Crippen molar-refractivity contribution in [2.75, 3.05) is 11.4 Å². The van der Waals surface area contributed by atoms with Gasteiger partial charge in [0.25, 0.3) is 0 Å². The number of nitrogens with one attached hydrogen (secondary N) is 1. The summed E-state index contributed by atoms with van der Waals surface area (Å²) in [6.07, 6.45) is 4.30. The van der Waals surface area contributed by atoms with E-state index in [1.807, 2.05) is 4.90 Å². The van der Waals surface area contributed by atoms with E-state index in [2.05, 4.69) is 36.5 Å². The lowest BCUT2D eigenvalue weighted by Gasteiger charge is -2.33. The van der Waals surface area contributed by atoms with Crippen molar-refractivity contribution in [2.45, 2.75) is 45.2 Å². The van der Waals surface area contributed by atoms with Crippen molar-refractivity contribution >= 4 is 11.6 Å². The first-order valence-electron chi connectivity index (χ1n) is 7.35. The van der Waals surface area contributed by atoms with Crippen molar-refractivity contribution < 1.29 is 4.79 Å². The summed E-state index contributed by atoms with van der Waals surface area (Å²) in [7, 11) is 0. The van der Waals surface area contributed by atoms with Gasteiger partial charge in [0.05, 0.1) is 0 Å². The highest BCUT2D eigenvalue weighted by atomic mass is 16.2. The van der Waals surface area contributed by atoms with E-state index >= 15 is 0 Å². The van der Waals surface area contributed by atoms with E-state index in [1.54, 1.807) is 0 Å². The Hall–Kier alpha value is -1.35. The molecule has 1 aliphatic heterocycles. The number of carbonyl (C=O) groups is 1. The first kappa shape index (κ1) is 12.7. The van der Waals surface area contributed by atoms with Crippen molar-refractivity contribution in [1.82, 2.24) is 5.32 Å². The summed E-state index contributed by atoms with van der Waals surface area (Å²) in [5.74, 6) is 1.15. The predicted octanol–water partition coefficient (Wildman–Crippen LogP) is 2.70. The maximum Gasteiger partial charge on any atom is 0.227 e. The molecule has 1 N–H and O–H groups in total. The molecule has 2 fully saturated rings. The molecule has 0 radical (unpaired) electrons. The molecule has 1 aromatic carbocycles. The highest BCUT2D eigenvalue weighted by molar-refractivity contribution is 5.95. The maximum atomic E-state index is 11.7. The molecule has 1 heterocycles. The first-order chi connectivity index (χ1) is 9.22. The van der Waals surface area contributed by atoms with E-state index < -0.39 is 0 Å². The zero-order valence-electron chi connectivity index (χ0n) is 11.6. The van der Waals surface area contributed by atoms with Crippen molar-refractivity contribution in [2.24, 2.45) is 5.92 Å². The van der Waals surface area contributed by atoms with Crippen LogP contribution in [-0.2, 0) is 11.3 Å². The van der Waals surface area contributed by atoms with Crippen LogP contribution in [0.2, 0.25) is 0 Å². The average molecular weight is 258 g/mol. The molecule has 19 heavy (non-hydrogen) atoms. The average Bonchev–Trinajstić information content (AvgIpc) is 2.80. The Morgan fingerprint density at radius 1 is 1.26 bits per heavy atom. The summed E-state index contributed by atoms with van der Waals surface area (Å²) in [5, 5.41) is 3.58. The van der Waals surface area contributed by atoms with Crippen LogP contribution in [0.3, 0.4) is 0 Å². The van der Waals surface area contributed by atoms with Crippen LogP contribution >= 0.6 is 0 Å². The molecule has 1 aliphatic carbocycles. The van der Waals surface area contributed by atoms with Crippen LogP contribution in [-0.4, -0.2) is 18.5 Å². The van der Waals surface area contributed by atoms with Gasteiger partial charge in [0.15, 0.2) is 0 Å². The van der Waals surface area contributed by atoms with Crippen LogP contribution in [0.25, 0.3) is 0 Å². The summed E-state index contributed by atoms with van der Waals surface area (Å²) in [5.41, 5.74) is 2.35. The Kier molecular flexibility index (Phi) is 3.56. The quantitative estimate of drug-likeness (QED) is 0.900. The highest BCUT2D eigenvalue weighted by Gasteiger charge is 2.24. The zero-order valence-corrected chi connectivity index (χ0v) is 11.6. The zero-order chi connectivity index (χ0) is 13.2. The van der Waals surface area contributed by atoms with Crippen LogP contribution in [0, 0.1) is 5.92 Å². The summed E-state index contributed by atoms with van der Waals surface area (Å²) < 4.78 is 0. The van der Waals surface area contributed by atoms with E-state index in [0.29, 0.717) is 12.5 Å². The van der Waals surface area contributed by atoms with Gasteiger partial charge in [0.2, 0.25) is 5.91 Å². The molecular weight excluding hydrogens is 236 g/mol. The van der Waals surface area contributed by atoms with E-state index in [1.165, 1.54) is 18.4 Å². The first-order valence-corrected chi connectivity index (χ1v) is 7.35. The van der Waals surface area contributed by atoms with Gasteiger partial charge < -0.3 is 10.2 Å². The van der Waals surface area contributed by atoms with E-state index in [9.17, 15) is 4.79 Å². The second-order valence-electron chi connectivity index (χ2n) is 5.97. The fourth-order valence-corrected chi connectivity index (χ4v) is 3.05. The van der Waals surface area contributed by atoms with Gasteiger partial charge in [-0.3, -0.25) is 4.79 Å². The lowest BCUT2D eigenvalue weighted by molar-refractivity contribution is -0.117. The monoisotopic (exact) mass is 258 g/mol. The van der Waals surface area contributed by atoms with Crippen LogP contribution in [0.15, 0.2) is 24.3 Å². The summed E-state index contributed by atoms with van der Waals surface area (Å²) in [6.45, 7) is 4.11. The minimum atomic E-state index is 0.259. The third-order valence-corrected chi connectivity index (χ3v) is 4.29. The van der Waals surface area contributed by atoms with Crippen molar-refractivity contribution in [3.63, 3.8) is 0 Å². The van der Waals surface area contributed by atoms with Gasteiger partial charge in [-0.05, 0) is 42.9 Å². The minimum Gasteiger partial charge on any atom is -0.312 e. The second-order valence-corrected chi connectivity index (χ2v) is 5.97. The van der Waals surface area contributed by atoms with Crippen molar-refractivity contribution in [3.05, 3.63) is 29.8 Å². The molecule has 1 amide bonds.